The summed E-state index contributed by atoms with van der Waals surface area (Å²) in [6.07, 6.45) is 7.54. The smallest absolute Gasteiger partial charge is 0.318 e. The van der Waals surface area contributed by atoms with Crippen LogP contribution in [0.5, 0.6) is 0 Å². The van der Waals surface area contributed by atoms with E-state index in [2.05, 4.69) is 15.6 Å². The molecule has 1 saturated carbocycles. The number of fused-ring (bicyclic) bond motifs is 1. The van der Waals surface area contributed by atoms with E-state index in [0.717, 1.165) is 43.6 Å². The highest BCUT2D eigenvalue weighted by Crippen LogP contribution is 2.31. The average molecular weight is 405 g/mol. The van der Waals surface area contributed by atoms with Crippen LogP contribution in [0.25, 0.3) is 5.65 Å². The third-order valence-electron chi connectivity index (χ3n) is 5.35. The maximum atomic E-state index is 13.0. The number of hydrogen-bond donors (Lipinski definition) is 2. The van der Waals surface area contributed by atoms with E-state index in [-0.39, 0.29) is 24.1 Å². The van der Waals surface area contributed by atoms with Gasteiger partial charge in [0.15, 0.2) is 0 Å². The summed E-state index contributed by atoms with van der Waals surface area (Å²) in [4.78, 5) is 33.2. The number of rotatable bonds is 4. The summed E-state index contributed by atoms with van der Waals surface area (Å²) in [6, 6.07) is 3.81. The fourth-order valence-electron chi connectivity index (χ4n) is 3.87. The van der Waals surface area contributed by atoms with Crippen LogP contribution in [-0.4, -0.2) is 63.5 Å². The average Bonchev–Trinajstić information content (AvgIpc) is 3.44. The number of carbonyl (C=O) groups is 2. The van der Waals surface area contributed by atoms with Crippen LogP contribution in [0.15, 0.2) is 24.5 Å². The summed E-state index contributed by atoms with van der Waals surface area (Å²) in [5.74, 6) is 0. The highest BCUT2D eigenvalue weighted by molar-refractivity contribution is 6.30. The fourth-order valence-corrected chi connectivity index (χ4v) is 4.03. The zero-order valence-electron chi connectivity index (χ0n) is 15.9. The molecule has 4 amide bonds. The molecule has 2 aliphatic rings. The molecule has 0 radical (unpaired) electrons. The molecular weight excluding hydrogens is 380 g/mol. The zero-order valence-corrected chi connectivity index (χ0v) is 16.7. The van der Waals surface area contributed by atoms with Gasteiger partial charge in [0, 0.05) is 38.6 Å². The lowest BCUT2D eigenvalue weighted by Crippen LogP contribution is -2.56. The van der Waals surface area contributed by atoms with Crippen molar-refractivity contribution < 1.29 is 9.59 Å². The second kappa shape index (κ2) is 7.87. The lowest BCUT2D eigenvalue weighted by molar-refractivity contribution is 0.116. The molecule has 1 unspecified atom stereocenters. The van der Waals surface area contributed by atoms with Gasteiger partial charge >= 0.3 is 12.1 Å². The monoisotopic (exact) mass is 404 g/mol. The molecule has 2 N–H and O–H groups in total. The van der Waals surface area contributed by atoms with Gasteiger partial charge in [0.2, 0.25) is 0 Å². The van der Waals surface area contributed by atoms with Crippen LogP contribution in [0.1, 0.15) is 31.4 Å². The van der Waals surface area contributed by atoms with Crippen molar-refractivity contribution in [3.8, 4) is 0 Å². The van der Waals surface area contributed by atoms with Crippen LogP contribution < -0.4 is 10.6 Å². The topological polar surface area (TPSA) is 82.0 Å². The standard InChI is InChI=1S/C19H25ClN6O2/c1-21-18(27)24-8-2-3-16(12-24)26(15-5-6-15)19(28)22-9-14-11-25-10-13(20)4-7-17(25)23-14/h4,7,10-11,15-16H,2-3,5-6,8-9,12H2,1H3,(H,21,27)(H,22,28). The van der Waals surface area contributed by atoms with Crippen LogP contribution in [-0.2, 0) is 6.54 Å². The van der Waals surface area contributed by atoms with Gasteiger partial charge in [-0.3, -0.25) is 0 Å². The van der Waals surface area contributed by atoms with Gasteiger partial charge in [0.25, 0.3) is 0 Å². The molecule has 9 heteroatoms. The Balaban J connectivity index is 1.41. The predicted octanol–water partition coefficient (Wildman–Crippen LogP) is 2.47. The number of carbonyl (C=O) groups excluding carboxylic acids is 2. The van der Waals surface area contributed by atoms with Crippen molar-refractivity contribution in [2.24, 2.45) is 0 Å². The third-order valence-corrected chi connectivity index (χ3v) is 5.57. The number of nitrogens with one attached hydrogen (secondary N) is 2. The maximum Gasteiger partial charge on any atom is 0.318 e. The summed E-state index contributed by atoms with van der Waals surface area (Å²) in [6.45, 7) is 1.67. The molecule has 2 fully saturated rings. The Bertz CT molecular complexity index is 880. The zero-order chi connectivity index (χ0) is 19.7. The molecule has 0 spiro atoms. The molecule has 8 nitrogen and oxygen atoms in total. The molecule has 3 heterocycles. The molecule has 1 atom stereocenters. The van der Waals surface area contributed by atoms with E-state index in [0.29, 0.717) is 18.1 Å². The molecule has 0 aromatic carbocycles. The summed E-state index contributed by atoms with van der Waals surface area (Å²) in [5.41, 5.74) is 1.57. The van der Waals surface area contributed by atoms with E-state index in [1.807, 2.05) is 21.6 Å². The van der Waals surface area contributed by atoms with Crippen molar-refractivity contribution in [2.75, 3.05) is 20.1 Å². The minimum Gasteiger partial charge on any atom is -0.341 e. The molecule has 4 rings (SSSR count). The Morgan fingerprint density at radius 1 is 1.25 bits per heavy atom. The largest absolute Gasteiger partial charge is 0.341 e. The van der Waals surface area contributed by atoms with Crippen LogP contribution in [0.3, 0.4) is 0 Å². The number of imidazole rings is 1. The van der Waals surface area contributed by atoms with E-state index in [1.54, 1.807) is 24.2 Å². The highest BCUT2D eigenvalue weighted by atomic mass is 35.5. The molecule has 1 aliphatic carbocycles. The quantitative estimate of drug-likeness (QED) is 0.821. The molecular formula is C19H25ClN6O2. The highest BCUT2D eigenvalue weighted by Gasteiger charge is 2.39. The Hall–Kier alpha value is -2.48. The SMILES string of the molecule is CNC(=O)N1CCCC(N(C(=O)NCc2cn3cc(Cl)ccc3n2)C2CC2)C1. The first-order valence-corrected chi connectivity index (χ1v) is 10.1. The number of piperidine rings is 1. The number of nitrogens with zero attached hydrogens (tertiary/aromatic N) is 4. The molecule has 2 aromatic rings. The molecule has 150 valence electrons. The number of amides is 4. The van der Waals surface area contributed by atoms with Gasteiger partial charge < -0.3 is 24.8 Å². The van der Waals surface area contributed by atoms with E-state index in [1.165, 1.54) is 0 Å². The normalized spacial score (nSPS) is 19.5. The molecule has 1 saturated heterocycles. The number of hydrogen-bond acceptors (Lipinski definition) is 3. The first kappa shape index (κ1) is 18.9. The molecule has 1 aliphatic heterocycles. The van der Waals surface area contributed by atoms with Gasteiger partial charge in [0.05, 0.1) is 23.3 Å². The van der Waals surface area contributed by atoms with E-state index >= 15 is 0 Å². The number of urea groups is 2. The summed E-state index contributed by atoms with van der Waals surface area (Å²) in [5, 5.41) is 6.33. The second-order valence-corrected chi connectivity index (χ2v) is 7.88. The van der Waals surface area contributed by atoms with Gasteiger partial charge in [-0.1, -0.05) is 11.6 Å². The minimum absolute atomic E-state index is 0.0541. The van der Waals surface area contributed by atoms with E-state index in [4.69, 9.17) is 11.6 Å². The van der Waals surface area contributed by atoms with Gasteiger partial charge in [-0.25, -0.2) is 14.6 Å². The van der Waals surface area contributed by atoms with Crippen LogP contribution in [0, 0.1) is 0 Å². The minimum atomic E-state index is -0.0821. The Morgan fingerprint density at radius 2 is 2.07 bits per heavy atom. The Labute approximate surface area is 168 Å². The van der Waals surface area contributed by atoms with Crippen LogP contribution in [0.2, 0.25) is 5.02 Å². The summed E-state index contributed by atoms with van der Waals surface area (Å²) < 4.78 is 1.85. The van der Waals surface area contributed by atoms with Crippen molar-refractivity contribution in [1.82, 2.24) is 29.8 Å². The van der Waals surface area contributed by atoms with Crippen molar-refractivity contribution >= 4 is 29.3 Å². The Morgan fingerprint density at radius 3 is 2.82 bits per heavy atom. The van der Waals surface area contributed by atoms with Gasteiger partial charge in [-0.2, -0.15) is 0 Å². The summed E-state index contributed by atoms with van der Waals surface area (Å²) >= 11 is 6.01. The number of halogens is 1. The lowest BCUT2D eigenvalue weighted by atomic mass is 10.0. The van der Waals surface area contributed by atoms with E-state index in [9.17, 15) is 9.59 Å². The van der Waals surface area contributed by atoms with E-state index < -0.39 is 0 Å². The fraction of sp³-hybridized carbons (Fsp3) is 0.526. The number of likely N-dealkylation sites (tertiary alicyclic amines) is 1. The third kappa shape index (κ3) is 4.01. The first-order valence-electron chi connectivity index (χ1n) is 9.71. The van der Waals surface area contributed by atoms with Crippen LogP contribution >= 0.6 is 11.6 Å². The van der Waals surface area contributed by atoms with Gasteiger partial charge in [0.1, 0.15) is 5.65 Å². The Kier molecular flexibility index (Phi) is 5.30. The molecule has 28 heavy (non-hydrogen) atoms. The number of pyridine rings is 1. The maximum absolute atomic E-state index is 13.0. The van der Waals surface area contributed by atoms with Crippen molar-refractivity contribution in [3.05, 3.63) is 35.2 Å². The van der Waals surface area contributed by atoms with Gasteiger partial charge in [-0.15, -0.1) is 0 Å². The van der Waals surface area contributed by atoms with Crippen molar-refractivity contribution in [3.63, 3.8) is 0 Å². The number of aromatic nitrogens is 2. The summed E-state index contributed by atoms with van der Waals surface area (Å²) in [7, 11) is 1.64. The first-order chi connectivity index (χ1) is 13.5. The van der Waals surface area contributed by atoms with Crippen LogP contribution in [0.4, 0.5) is 9.59 Å². The molecule has 2 aromatic heterocycles. The predicted molar refractivity (Wildman–Crippen MR) is 106 cm³/mol. The molecule has 0 bridgehead atoms. The van der Waals surface area contributed by atoms with Crippen molar-refractivity contribution in [1.29, 1.82) is 0 Å². The van der Waals surface area contributed by atoms with Gasteiger partial charge in [-0.05, 0) is 37.8 Å². The second-order valence-electron chi connectivity index (χ2n) is 7.44. The lowest BCUT2D eigenvalue weighted by Gasteiger charge is -2.39. The van der Waals surface area contributed by atoms with Crippen molar-refractivity contribution in [2.45, 2.75) is 44.3 Å².